The number of piperidine rings is 1. The van der Waals surface area contributed by atoms with E-state index in [2.05, 4.69) is 5.32 Å². The van der Waals surface area contributed by atoms with Gasteiger partial charge < -0.3 is 19.7 Å². The molecule has 2 atom stereocenters. The van der Waals surface area contributed by atoms with Gasteiger partial charge in [0.1, 0.15) is 5.60 Å². The number of hydrogen-bond donors (Lipinski definition) is 1. The van der Waals surface area contributed by atoms with E-state index in [9.17, 15) is 9.59 Å². The average Bonchev–Trinajstić information content (AvgIpc) is 2.96. The van der Waals surface area contributed by atoms with Crippen molar-refractivity contribution < 1.29 is 19.1 Å². The van der Waals surface area contributed by atoms with E-state index in [1.54, 1.807) is 0 Å². The molecule has 0 spiro atoms. The van der Waals surface area contributed by atoms with E-state index in [4.69, 9.17) is 9.47 Å². The van der Waals surface area contributed by atoms with Gasteiger partial charge in [-0.25, -0.2) is 4.79 Å². The number of fused-ring (bicyclic) bond motifs is 1. The molecule has 0 aromatic carbocycles. The second-order valence-corrected chi connectivity index (χ2v) is 8.48. The van der Waals surface area contributed by atoms with Gasteiger partial charge in [-0.15, -0.1) is 0 Å². The molecule has 6 heteroatoms. The fraction of sp³-hybridized carbons (Fsp3) is 0.889. The highest BCUT2D eigenvalue weighted by Crippen LogP contribution is 2.46. The molecule has 24 heavy (non-hydrogen) atoms. The lowest BCUT2D eigenvalue weighted by atomic mass is 9.86. The van der Waals surface area contributed by atoms with Gasteiger partial charge in [0.2, 0.25) is 0 Å². The van der Waals surface area contributed by atoms with Crippen LogP contribution in [0.1, 0.15) is 46.5 Å². The fourth-order valence-corrected chi connectivity index (χ4v) is 4.18. The van der Waals surface area contributed by atoms with E-state index < -0.39 is 5.60 Å². The molecule has 1 saturated heterocycles. The van der Waals surface area contributed by atoms with Crippen LogP contribution in [-0.2, 0) is 14.3 Å². The maximum atomic E-state index is 12.1. The van der Waals surface area contributed by atoms with E-state index in [0.29, 0.717) is 23.9 Å². The summed E-state index contributed by atoms with van der Waals surface area (Å²) in [5, 5.41) is 3.75. The van der Waals surface area contributed by atoms with E-state index in [1.165, 1.54) is 7.11 Å². The van der Waals surface area contributed by atoms with Gasteiger partial charge in [0.05, 0.1) is 13.0 Å². The smallest absolute Gasteiger partial charge is 0.410 e. The maximum absolute atomic E-state index is 12.1. The number of ether oxygens (including phenoxy) is 2. The second-order valence-electron chi connectivity index (χ2n) is 8.48. The molecule has 0 bridgehead atoms. The maximum Gasteiger partial charge on any atom is 0.410 e. The number of nitrogens with one attached hydrogen (secondary N) is 1. The quantitative estimate of drug-likeness (QED) is 0.799. The summed E-state index contributed by atoms with van der Waals surface area (Å²) in [6, 6.07) is 1.03. The summed E-state index contributed by atoms with van der Waals surface area (Å²) in [6.45, 7) is 7.30. The molecule has 0 radical (unpaired) electrons. The third-order valence-electron chi connectivity index (χ3n) is 5.54. The van der Waals surface area contributed by atoms with Crippen LogP contribution < -0.4 is 5.32 Å². The molecule has 3 aliphatic rings. The molecule has 3 fully saturated rings. The van der Waals surface area contributed by atoms with Crippen LogP contribution in [0.25, 0.3) is 0 Å². The van der Waals surface area contributed by atoms with Gasteiger partial charge in [-0.2, -0.15) is 0 Å². The molecule has 2 saturated carbocycles. The number of hydrogen-bond acceptors (Lipinski definition) is 5. The Morgan fingerprint density at radius 3 is 2.12 bits per heavy atom. The van der Waals surface area contributed by atoms with Gasteiger partial charge in [0, 0.05) is 25.2 Å². The summed E-state index contributed by atoms with van der Waals surface area (Å²) in [6.07, 6.45) is 3.70. The standard InChI is InChI=1S/C18H30N2O4/c1-18(2,3)24-17(22)20-9-13-14(10-20)15(13)19-12-7-5-11(6-8-12)16(21)23-4/h11-15,19H,5-10H2,1-4H3. The molecule has 1 N–H and O–H groups in total. The molecule has 2 aliphatic carbocycles. The van der Waals surface area contributed by atoms with Crippen molar-refractivity contribution in [2.45, 2.75) is 64.1 Å². The minimum absolute atomic E-state index is 0.0651. The summed E-state index contributed by atoms with van der Waals surface area (Å²) >= 11 is 0. The number of esters is 1. The zero-order valence-electron chi connectivity index (χ0n) is 15.2. The van der Waals surface area contributed by atoms with Crippen LogP contribution in [0.15, 0.2) is 0 Å². The topological polar surface area (TPSA) is 67.9 Å². The van der Waals surface area contributed by atoms with Crippen LogP contribution >= 0.6 is 0 Å². The van der Waals surface area contributed by atoms with Crippen molar-refractivity contribution >= 4 is 12.1 Å². The Kier molecular flexibility index (Phi) is 4.78. The second kappa shape index (κ2) is 6.54. The Labute approximate surface area is 144 Å². The number of rotatable bonds is 3. The van der Waals surface area contributed by atoms with Crippen molar-refractivity contribution in [3.63, 3.8) is 0 Å². The molecular formula is C18H30N2O4. The average molecular weight is 338 g/mol. The minimum Gasteiger partial charge on any atom is -0.469 e. The summed E-state index contributed by atoms with van der Waals surface area (Å²) in [5.41, 5.74) is -0.431. The van der Waals surface area contributed by atoms with Gasteiger partial charge in [-0.1, -0.05) is 0 Å². The third-order valence-corrected chi connectivity index (χ3v) is 5.54. The molecule has 0 aromatic heterocycles. The van der Waals surface area contributed by atoms with Crippen LogP contribution in [0, 0.1) is 17.8 Å². The first kappa shape index (κ1) is 17.5. The molecular weight excluding hydrogens is 308 g/mol. The SMILES string of the molecule is COC(=O)C1CCC(NC2C3CN(C(=O)OC(C)(C)C)CC32)CC1. The van der Waals surface area contributed by atoms with Gasteiger partial charge in [-0.3, -0.25) is 4.79 Å². The molecule has 1 heterocycles. The highest BCUT2D eigenvalue weighted by Gasteiger charge is 2.57. The van der Waals surface area contributed by atoms with E-state index >= 15 is 0 Å². The molecule has 136 valence electrons. The van der Waals surface area contributed by atoms with Crippen molar-refractivity contribution in [2.24, 2.45) is 17.8 Å². The summed E-state index contributed by atoms with van der Waals surface area (Å²) < 4.78 is 10.3. The molecule has 1 amide bonds. The molecule has 6 nitrogen and oxygen atoms in total. The van der Waals surface area contributed by atoms with E-state index in [1.807, 2.05) is 25.7 Å². The number of carbonyl (C=O) groups excluding carboxylic acids is 2. The predicted octanol–water partition coefficient (Wildman–Crippen LogP) is 2.17. The first-order valence-corrected chi connectivity index (χ1v) is 9.10. The van der Waals surface area contributed by atoms with Crippen LogP contribution in [0.5, 0.6) is 0 Å². The lowest BCUT2D eigenvalue weighted by molar-refractivity contribution is -0.146. The van der Waals surface area contributed by atoms with Crippen LogP contribution in [-0.4, -0.2) is 54.8 Å². The Morgan fingerprint density at radius 1 is 1.04 bits per heavy atom. The Morgan fingerprint density at radius 2 is 1.62 bits per heavy atom. The van der Waals surface area contributed by atoms with Crippen molar-refractivity contribution in [3.05, 3.63) is 0 Å². The molecule has 2 unspecified atom stereocenters. The summed E-state index contributed by atoms with van der Waals surface area (Å²) in [5.74, 6) is 1.14. The van der Waals surface area contributed by atoms with E-state index in [0.717, 1.165) is 38.8 Å². The number of amides is 1. The minimum atomic E-state index is -0.431. The molecule has 3 rings (SSSR count). The third kappa shape index (κ3) is 3.85. The first-order valence-electron chi connectivity index (χ1n) is 9.10. The van der Waals surface area contributed by atoms with Gasteiger partial charge in [0.25, 0.3) is 0 Å². The lowest BCUT2D eigenvalue weighted by Gasteiger charge is -2.29. The predicted molar refractivity (Wildman–Crippen MR) is 89.5 cm³/mol. The Balaban J connectivity index is 1.38. The van der Waals surface area contributed by atoms with Crippen LogP contribution in [0.4, 0.5) is 4.79 Å². The zero-order valence-corrected chi connectivity index (χ0v) is 15.2. The Hall–Kier alpha value is -1.30. The van der Waals surface area contributed by atoms with Gasteiger partial charge >= 0.3 is 12.1 Å². The van der Waals surface area contributed by atoms with Gasteiger partial charge in [0.15, 0.2) is 0 Å². The van der Waals surface area contributed by atoms with Crippen molar-refractivity contribution in [3.8, 4) is 0 Å². The number of methoxy groups -OCH3 is 1. The van der Waals surface area contributed by atoms with E-state index in [-0.39, 0.29) is 18.0 Å². The summed E-state index contributed by atoms with van der Waals surface area (Å²) in [4.78, 5) is 25.5. The summed E-state index contributed by atoms with van der Waals surface area (Å²) in [7, 11) is 1.47. The molecule has 1 aliphatic heterocycles. The normalized spacial score (nSPS) is 35.3. The zero-order chi connectivity index (χ0) is 17.5. The number of carbonyl (C=O) groups is 2. The highest BCUT2D eigenvalue weighted by molar-refractivity contribution is 5.72. The molecule has 0 aromatic rings. The highest BCUT2D eigenvalue weighted by atomic mass is 16.6. The van der Waals surface area contributed by atoms with Crippen molar-refractivity contribution in [1.82, 2.24) is 10.2 Å². The largest absolute Gasteiger partial charge is 0.469 e. The van der Waals surface area contributed by atoms with Crippen LogP contribution in [0.2, 0.25) is 0 Å². The number of nitrogens with zero attached hydrogens (tertiary/aromatic N) is 1. The van der Waals surface area contributed by atoms with Crippen LogP contribution in [0.3, 0.4) is 0 Å². The first-order chi connectivity index (χ1) is 11.3. The Bertz CT molecular complexity index is 482. The number of likely N-dealkylation sites (tertiary alicyclic amines) is 1. The fourth-order valence-electron chi connectivity index (χ4n) is 4.18. The lowest BCUT2D eigenvalue weighted by Crippen LogP contribution is -2.42. The van der Waals surface area contributed by atoms with Crippen molar-refractivity contribution in [1.29, 1.82) is 0 Å². The monoisotopic (exact) mass is 338 g/mol. The van der Waals surface area contributed by atoms with Crippen molar-refractivity contribution in [2.75, 3.05) is 20.2 Å². The van der Waals surface area contributed by atoms with Gasteiger partial charge in [-0.05, 0) is 58.3 Å².